The predicted octanol–water partition coefficient (Wildman–Crippen LogP) is 6.05. The van der Waals surface area contributed by atoms with Crippen LogP contribution in [-0.2, 0) is 0 Å². The summed E-state index contributed by atoms with van der Waals surface area (Å²) < 4.78 is 5.72. The van der Waals surface area contributed by atoms with Gasteiger partial charge in [0, 0.05) is 29.5 Å². The highest BCUT2D eigenvalue weighted by Crippen LogP contribution is 2.18. The molecule has 2 amide bonds. The van der Waals surface area contributed by atoms with Gasteiger partial charge in [-0.25, -0.2) is 0 Å². The predicted molar refractivity (Wildman–Crippen MR) is 145 cm³/mol. The van der Waals surface area contributed by atoms with E-state index in [4.69, 9.17) is 17.0 Å². The Morgan fingerprint density at radius 3 is 2.34 bits per heavy atom. The SMILES string of the molecule is CCCCCCOc1ccc(C(=O)NC(=S)Nc2cccc(C(=O)N(C)c3ccccc3)c2)cc1. The molecule has 0 saturated heterocycles. The van der Waals surface area contributed by atoms with E-state index >= 15 is 0 Å². The van der Waals surface area contributed by atoms with Crippen LogP contribution in [-0.4, -0.2) is 30.6 Å². The normalized spacial score (nSPS) is 10.3. The molecule has 0 aliphatic heterocycles. The molecule has 0 bridgehead atoms. The Hall–Kier alpha value is -3.71. The zero-order valence-corrected chi connectivity index (χ0v) is 20.9. The van der Waals surface area contributed by atoms with E-state index in [1.54, 1.807) is 60.5 Å². The summed E-state index contributed by atoms with van der Waals surface area (Å²) in [5.41, 5.74) is 2.38. The van der Waals surface area contributed by atoms with E-state index in [-0.39, 0.29) is 16.9 Å². The summed E-state index contributed by atoms with van der Waals surface area (Å²) in [7, 11) is 1.73. The molecule has 7 heteroatoms. The number of unbranched alkanes of at least 4 members (excludes halogenated alkanes) is 3. The number of hydrogen-bond donors (Lipinski definition) is 2. The van der Waals surface area contributed by atoms with E-state index in [1.165, 1.54) is 12.8 Å². The first kappa shape index (κ1) is 25.9. The summed E-state index contributed by atoms with van der Waals surface area (Å²) in [5.74, 6) is 0.260. The molecule has 0 aliphatic carbocycles. The Morgan fingerprint density at radius 1 is 0.886 bits per heavy atom. The van der Waals surface area contributed by atoms with Gasteiger partial charge in [-0.2, -0.15) is 0 Å². The van der Waals surface area contributed by atoms with Crippen molar-refractivity contribution in [3.05, 3.63) is 90.0 Å². The van der Waals surface area contributed by atoms with Crippen LogP contribution in [0.1, 0.15) is 53.3 Å². The topological polar surface area (TPSA) is 70.7 Å². The number of ether oxygens (including phenoxy) is 1. The number of para-hydroxylation sites is 1. The first-order valence-corrected chi connectivity index (χ1v) is 12.2. The van der Waals surface area contributed by atoms with Gasteiger partial charge in [0.2, 0.25) is 0 Å². The second-order valence-corrected chi connectivity index (χ2v) is 8.53. The van der Waals surface area contributed by atoms with Gasteiger partial charge < -0.3 is 15.0 Å². The Balaban J connectivity index is 1.53. The summed E-state index contributed by atoms with van der Waals surface area (Å²) in [6.45, 7) is 2.85. The molecule has 35 heavy (non-hydrogen) atoms. The number of carbonyl (C=O) groups excluding carboxylic acids is 2. The lowest BCUT2D eigenvalue weighted by Crippen LogP contribution is -2.34. The maximum atomic E-state index is 12.9. The number of anilines is 2. The Kier molecular flexibility index (Phi) is 9.80. The summed E-state index contributed by atoms with van der Waals surface area (Å²) in [5, 5.41) is 5.80. The third-order valence-electron chi connectivity index (χ3n) is 5.43. The van der Waals surface area contributed by atoms with E-state index in [2.05, 4.69) is 17.6 Å². The summed E-state index contributed by atoms with van der Waals surface area (Å²) >= 11 is 5.30. The molecule has 0 aliphatic rings. The van der Waals surface area contributed by atoms with Crippen molar-refractivity contribution >= 4 is 40.5 Å². The van der Waals surface area contributed by atoms with Crippen LogP contribution in [0, 0.1) is 0 Å². The Labute approximate surface area is 212 Å². The van der Waals surface area contributed by atoms with E-state index in [9.17, 15) is 9.59 Å². The van der Waals surface area contributed by atoms with E-state index in [1.807, 2.05) is 30.3 Å². The lowest BCUT2D eigenvalue weighted by atomic mass is 10.1. The fourth-order valence-corrected chi connectivity index (χ4v) is 3.66. The molecule has 3 aromatic rings. The molecule has 0 fully saturated rings. The van der Waals surface area contributed by atoms with Crippen LogP contribution in [0.3, 0.4) is 0 Å². The van der Waals surface area contributed by atoms with Gasteiger partial charge >= 0.3 is 0 Å². The molecule has 3 aromatic carbocycles. The lowest BCUT2D eigenvalue weighted by molar-refractivity contribution is 0.0974. The molecule has 6 nitrogen and oxygen atoms in total. The first-order valence-electron chi connectivity index (χ1n) is 11.8. The molecular formula is C28H31N3O3S. The fourth-order valence-electron chi connectivity index (χ4n) is 3.45. The van der Waals surface area contributed by atoms with Crippen LogP contribution in [0.2, 0.25) is 0 Å². The van der Waals surface area contributed by atoms with Crippen LogP contribution >= 0.6 is 12.2 Å². The molecule has 2 N–H and O–H groups in total. The van der Waals surface area contributed by atoms with Crippen LogP contribution in [0.25, 0.3) is 0 Å². The van der Waals surface area contributed by atoms with Crippen molar-refractivity contribution in [2.75, 3.05) is 23.9 Å². The summed E-state index contributed by atoms with van der Waals surface area (Å²) in [6, 6.07) is 23.4. The van der Waals surface area contributed by atoms with Gasteiger partial charge in [0.1, 0.15) is 5.75 Å². The highest BCUT2D eigenvalue weighted by molar-refractivity contribution is 7.80. The van der Waals surface area contributed by atoms with Crippen molar-refractivity contribution in [3.63, 3.8) is 0 Å². The molecule has 0 spiro atoms. The molecule has 182 valence electrons. The van der Waals surface area contributed by atoms with Gasteiger partial charge in [-0.15, -0.1) is 0 Å². The number of rotatable bonds is 10. The van der Waals surface area contributed by atoms with Gasteiger partial charge in [-0.05, 0) is 73.2 Å². The number of carbonyl (C=O) groups is 2. The zero-order chi connectivity index (χ0) is 25.0. The molecule has 0 radical (unpaired) electrons. The molecule has 0 atom stereocenters. The molecule has 0 saturated carbocycles. The van der Waals surface area contributed by atoms with Crippen LogP contribution in [0.15, 0.2) is 78.9 Å². The maximum Gasteiger partial charge on any atom is 0.258 e. The summed E-state index contributed by atoms with van der Waals surface area (Å²) in [6.07, 6.45) is 4.57. The van der Waals surface area contributed by atoms with Crippen LogP contribution < -0.4 is 20.3 Å². The number of amides is 2. The van der Waals surface area contributed by atoms with Gasteiger partial charge in [0.15, 0.2) is 5.11 Å². The van der Waals surface area contributed by atoms with Crippen molar-refractivity contribution in [2.24, 2.45) is 0 Å². The van der Waals surface area contributed by atoms with Crippen molar-refractivity contribution < 1.29 is 14.3 Å². The molecule has 0 aromatic heterocycles. The van der Waals surface area contributed by atoms with Gasteiger partial charge in [-0.1, -0.05) is 50.5 Å². The van der Waals surface area contributed by atoms with Crippen molar-refractivity contribution in [2.45, 2.75) is 32.6 Å². The fraction of sp³-hybridized carbons (Fsp3) is 0.250. The second-order valence-electron chi connectivity index (χ2n) is 8.12. The second kappa shape index (κ2) is 13.2. The standard InChI is InChI=1S/C28H31N3O3S/c1-3-4-5-9-19-34-25-17-15-21(16-18-25)26(32)30-28(35)29-23-12-10-11-22(20-23)27(33)31(2)24-13-7-6-8-14-24/h6-8,10-18,20H,3-5,9,19H2,1-2H3,(H2,29,30,32,35). The van der Waals surface area contributed by atoms with Crippen molar-refractivity contribution in [1.82, 2.24) is 5.32 Å². The number of thiocarbonyl (C=S) groups is 1. The number of hydrogen-bond acceptors (Lipinski definition) is 4. The van der Waals surface area contributed by atoms with Gasteiger partial charge in [0.05, 0.1) is 6.61 Å². The Bertz CT molecular complexity index is 1130. The minimum absolute atomic E-state index is 0.146. The van der Waals surface area contributed by atoms with Gasteiger partial charge in [0.25, 0.3) is 11.8 Å². The molecular weight excluding hydrogens is 458 g/mol. The number of nitrogens with one attached hydrogen (secondary N) is 2. The van der Waals surface area contributed by atoms with Crippen molar-refractivity contribution in [3.8, 4) is 5.75 Å². The van der Waals surface area contributed by atoms with Crippen molar-refractivity contribution in [1.29, 1.82) is 0 Å². The van der Waals surface area contributed by atoms with Crippen LogP contribution in [0.5, 0.6) is 5.75 Å². The quantitative estimate of drug-likeness (QED) is 0.268. The summed E-state index contributed by atoms with van der Waals surface area (Å²) in [4.78, 5) is 27.0. The van der Waals surface area contributed by atoms with E-state index < -0.39 is 0 Å². The van der Waals surface area contributed by atoms with E-state index in [0.29, 0.717) is 23.4 Å². The third-order valence-corrected chi connectivity index (χ3v) is 5.63. The smallest absolute Gasteiger partial charge is 0.258 e. The van der Waals surface area contributed by atoms with Gasteiger partial charge in [-0.3, -0.25) is 14.9 Å². The zero-order valence-electron chi connectivity index (χ0n) is 20.1. The maximum absolute atomic E-state index is 12.9. The first-order chi connectivity index (χ1) is 17.0. The average Bonchev–Trinajstić information content (AvgIpc) is 2.88. The minimum atomic E-state index is -0.326. The highest BCUT2D eigenvalue weighted by atomic mass is 32.1. The molecule has 0 unspecified atom stereocenters. The largest absolute Gasteiger partial charge is 0.494 e. The Morgan fingerprint density at radius 2 is 1.63 bits per heavy atom. The van der Waals surface area contributed by atoms with E-state index in [0.717, 1.165) is 24.3 Å². The van der Waals surface area contributed by atoms with Crippen LogP contribution in [0.4, 0.5) is 11.4 Å². The third kappa shape index (κ3) is 7.93. The highest BCUT2D eigenvalue weighted by Gasteiger charge is 2.14. The number of benzene rings is 3. The minimum Gasteiger partial charge on any atom is -0.494 e. The monoisotopic (exact) mass is 489 g/mol. The molecule has 0 heterocycles. The lowest BCUT2D eigenvalue weighted by Gasteiger charge is -2.18. The number of nitrogens with zero attached hydrogens (tertiary/aromatic N) is 1. The average molecular weight is 490 g/mol. The molecule has 3 rings (SSSR count).